The van der Waals surface area contributed by atoms with Gasteiger partial charge in [0, 0.05) is 17.6 Å². The number of aromatic nitrogens is 1. The van der Waals surface area contributed by atoms with Crippen LogP contribution in [0.25, 0.3) is 10.9 Å². The Kier molecular flexibility index (Phi) is 3.43. The largest absolute Gasteiger partial charge is 0.326 e. The first-order chi connectivity index (χ1) is 8.15. The molecule has 17 heavy (non-hydrogen) atoms. The molecule has 2 aromatic rings. The van der Waals surface area contributed by atoms with Gasteiger partial charge in [-0.2, -0.15) is 0 Å². The Morgan fingerprint density at radius 3 is 2.59 bits per heavy atom. The summed E-state index contributed by atoms with van der Waals surface area (Å²) in [6.45, 7) is 7.06. The van der Waals surface area contributed by atoms with Crippen LogP contribution in [0.15, 0.2) is 24.3 Å². The SMILES string of the molecule is CCc1ccc2nc(C(C)C)cc(CN)c2c1. The van der Waals surface area contributed by atoms with Crippen LogP contribution in [-0.4, -0.2) is 4.98 Å². The lowest BCUT2D eigenvalue weighted by Crippen LogP contribution is -2.02. The molecule has 90 valence electrons. The lowest BCUT2D eigenvalue weighted by atomic mass is 10.0. The molecule has 0 aliphatic heterocycles. The molecule has 2 heteroatoms. The van der Waals surface area contributed by atoms with Crippen molar-refractivity contribution in [2.24, 2.45) is 5.73 Å². The monoisotopic (exact) mass is 228 g/mol. The number of benzene rings is 1. The molecular formula is C15H20N2. The Balaban J connectivity index is 2.68. The van der Waals surface area contributed by atoms with E-state index in [1.54, 1.807) is 0 Å². The average molecular weight is 228 g/mol. The first-order valence-corrected chi connectivity index (χ1v) is 6.28. The quantitative estimate of drug-likeness (QED) is 0.874. The first kappa shape index (κ1) is 12.1. The number of nitrogens with two attached hydrogens (primary N) is 1. The average Bonchev–Trinajstić information content (AvgIpc) is 2.36. The summed E-state index contributed by atoms with van der Waals surface area (Å²) in [6.07, 6.45) is 1.05. The molecular weight excluding hydrogens is 208 g/mol. The smallest absolute Gasteiger partial charge is 0.0708 e. The molecule has 0 saturated heterocycles. The van der Waals surface area contributed by atoms with Crippen LogP contribution < -0.4 is 5.73 Å². The van der Waals surface area contributed by atoms with Gasteiger partial charge < -0.3 is 5.73 Å². The van der Waals surface area contributed by atoms with E-state index in [4.69, 9.17) is 10.7 Å². The zero-order chi connectivity index (χ0) is 12.4. The van der Waals surface area contributed by atoms with Crippen LogP contribution in [0.4, 0.5) is 0 Å². The highest BCUT2D eigenvalue weighted by atomic mass is 14.7. The van der Waals surface area contributed by atoms with E-state index in [2.05, 4.69) is 45.0 Å². The maximum Gasteiger partial charge on any atom is 0.0708 e. The van der Waals surface area contributed by atoms with Crippen LogP contribution in [0, 0.1) is 0 Å². The Bertz CT molecular complexity index is 530. The second-order valence-electron chi connectivity index (χ2n) is 4.77. The number of rotatable bonds is 3. The van der Waals surface area contributed by atoms with Crippen LogP contribution in [0.2, 0.25) is 0 Å². The van der Waals surface area contributed by atoms with Gasteiger partial charge in [0.2, 0.25) is 0 Å². The highest BCUT2D eigenvalue weighted by Gasteiger charge is 2.08. The summed E-state index contributed by atoms with van der Waals surface area (Å²) in [7, 11) is 0. The Labute approximate surface area is 103 Å². The molecule has 1 aromatic carbocycles. The summed E-state index contributed by atoms with van der Waals surface area (Å²) >= 11 is 0. The predicted octanol–water partition coefficient (Wildman–Crippen LogP) is 3.38. The van der Waals surface area contributed by atoms with Gasteiger partial charge in [0.15, 0.2) is 0 Å². The maximum atomic E-state index is 5.85. The van der Waals surface area contributed by atoms with Crippen molar-refractivity contribution in [3.63, 3.8) is 0 Å². The van der Waals surface area contributed by atoms with Crippen LogP contribution in [0.5, 0.6) is 0 Å². The third-order valence-electron chi connectivity index (χ3n) is 3.20. The number of pyridine rings is 1. The van der Waals surface area contributed by atoms with Crippen molar-refractivity contribution in [1.29, 1.82) is 0 Å². The fourth-order valence-electron chi connectivity index (χ4n) is 2.05. The van der Waals surface area contributed by atoms with Crippen LogP contribution in [-0.2, 0) is 13.0 Å². The molecule has 0 spiro atoms. The van der Waals surface area contributed by atoms with Gasteiger partial charge in [-0.15, -0.1) is 0 Å². The summed E-state index contributed by atoms with van der Waals surface area (Å²) in [5.74, 6) is 0.440. The van der Waals surface area contributed by atoms with Gasteiger partial charge >= 0.3 is 0 Å². The van der Waals surface area contributed by atoms with E-state index in [1.165, 1.54) is 16.5 Å². The molecule has 0 saturated carbocycles. The third kappa shape index (κ3) is 2.32. The van der Waals surface area contributed by atoms with E-state index < -0.39 is 0 Å². The summed E-state index contributed by atoms with van der Waals surface area (Å²) in [5.41, 5.74) is 10.6. The highest BCUT2D eigenvalue weighted by Crippen LogP contribution is 2.23. The fraction of sp³-hybridized carbons (Fsp3) is 0.400. The number of fused-ring (bicyclic) bond motifs is 1. The summed E-state index contributed by atoms with van der Waals surface area (Å²) < 4.78 is 0. The molecule has 0 atom stereocenters. The summed E-state index contributed by atoms with van der Waals surface area (Å²) in [6, 6.07) is 8.63. The topological polar surface area (TPSA) is 38.9 Å². The van der Waals surface area contributed by atoms with Crippen molar-refractivity contribution in [2.45, 2.75) is 39.7 Å². The van der Waals surface area contributed by atoms with E-state index in [1.807, 2.05) is 0 Å². The minimum absolute atomic E-state index is 0.440. The molecule has 0 aliphatic rings. The zero-order valence-electron chi connectivity index (χ0n) is 10.8. The minimum Gasteiger partial charge on any atom is -0.326 e. The van der Waals surface area contributed by atoms with Crippen LogP contribution >= 0.6 is 0 Å². The highest BCUT2D eigenvalue weighted by molar-refractivity contribution is 5.83. The number of hydrogen-bond donors (Lipinski definition) is 1. The van der Waals surface area contributed by atoms with E-state index in [-0.39, 0.29) is 0 Å². The lowest BCUT2D eigenvalue weighted by Gasteiger charge is -2.11. The van der Waals surface area contributed by atoms with E-state index >= 15 is 0 Å². The molecule has 2 rings (SSSR count). The third-order valence-corrected chi connectivity index (χ3v) is 3.20. The normalized spacial score (nSPS) is 11.4. The van der Waals surface area contributed by atoms with Crippen LogP contribution in [0.1, 0.15) is 43.5 Å². The predicted molar refractivity (Wildman–Crippen MR) is 73.1 cm³/mol. The number of hydrogen-bond acceptors (Lipinski definition) is 2. The molecule has 0 aliphatic carbocycles. The molecule has 2 nitrogen and oxygen atoms in total. The van der Waals surface area contributed by atoms with E-state index in [9.17, 15) is 0 Å². The molecule has 2 N–H and O–H groups in total. The molecule has 0 radical (unpaired) electrons. The van der Waals surface area contributed by atoms with E-state index in [0.29, 0.717) is 12.5 Å². The van der Waals surface area contributed by atoms with Crippen molar-refractivity contribution >= 4 is 10.9 Å². The van der Waals surface area contributed by atoms with Crippen LogP contribution in [0.3, 0.4) is 0 Å². The van der Waals surface area contributed by atoms with Gasteiger partial charge in [0.25, 0.3) is 0 Å². The van der Waals surface area contributed by atoms with Crippen molar-refractivity contribution in [3.8, 4) is 0 Å². The summed E-state index contributed by atoms with van der Waals surface area (Å²) in [5, 5.41) is 1.20. The molecule has 0 unspecified atom stereocenters. The molecule has 0 amide bonds. The number of nitrogens with zero attached hydrogens (tertiary/aromatic N) is 1. The van der Waals surface area contributed by atoms with Crippen molar-refractivity contribution in [3.05, 3.63) is 41.1 Å². The van der Waals surface area contributed by atoms with Gasteiger partial charge in [0.1, 0.15) is 0 Å². The Morgan fingerprint density at radius 1 is 1.24 bits per heavy atom. The minimum atomic E-state index is 0.440. The maximum absolute atomic E-state index is 5.85. The second kappa shape index (κ2) is 4.84. The standard InChI is InChI=1S/C15H20N2/c1-4-11-5-6-14-13(7-11)12(9-16)8-15(17-14)10(2)3/h5-8,10H,4,9,16H2,1-3H3. The van der Waals surface area contributed by atoms with Gasteiger partial charge in [-0.1, -0.05) is 26.8 Å². The Morgan fingerprint density at radius 2 is 2.00 bits per heavy atom. The molecule has 0 fully saturated rings. The zero-order valence-corrected chi connectivity index (χ0v) is 10.8. The van der Waals surface area contributed by atoms with Crippen molar-refractivity contribution in [1.82, 2.24) is 4.98 Å². The van der Waals surface area contributed by atoms with Gasteiger partial charge in [-0.25, -0.2) is 0 Å². The Hall–Kier alpha value is -1.41. The molecule has 1 heterocycles. The second-order valence-corrected chi connectivity index (χ2v) is 4.77. The summed E-state index contributed by atoms with van der Waals surface area (Å²) in [4.78, 5) is 4.70. The molecule has 0 bridgehead atoms. The fourth-order valence-corrected chi connectivity index (χ4v) is 2.05. The van der Waals surface area contributed by atoms with Crippen molar-refractivity contribution < 1.29 is 0 Å². The van der Waals surface area contributed by atoms with E-state index in [0.717, 1.165) is 17.6 Å². The first-order valence-electron chi connectivity index (χ1n) is 6.28. The molecule has 1 aromatic heterocycles. The van der Waals surface area contributed by atoms with Gasteiger partial charge in [0.05, 0.1) is 5.52 Å². The van der Waals surface area contributed by atoms with Gasteiger partial charge in [-0.3, -0.25) is 4.98 Å². The van der Waals surface area contributed by atoms with Gasteiger partial charge in [-0.05, 0) is 41.7 Å². The number of aryl methyl sites for hydroxylation is 1. The lowest BCUT2D eigenvalue weighted by molar-refractivity contribution is 0.825. The van der Waals surface area contributed by atoms with Crippen molar-refractivity contribution in [2.75, 3.05) is 0 Å².